The Bertz CT molecular complexity index is 499. The average molecular weight is 284 g/mol. The SMILES string of the molecule is CN1CCC(N(C(=O)/C=C/c2ccccc2)C2CC2)CC1. The van der Waals surface area contributed by atoms with E-state index in [1.807, 2.05) is 36.4 Å². The Hall–Kier alpha value is -1.61. The minimum atomic E-state index is 0.191. The first-order valence-corrected chi connectivity index (χ1v) is 7.98. The molecule has 1 amide bonds. The fourth-order valence-corrected chi connectivity index (χ4v) is 3.10. The van der Waals surface area contributed by atoms with Crippen LogP contribution >= 0.6 is 0 Å². The number of hydrogen-bond acceptors (Lipinski definition) is 2. The highest BCUT2D eigenvalue weighted by Gasteiger charge is 2.37. The number of carbonyl (C=O) groups excluding carboxylic acids is 1. The quantitative estimate of drug-likeness (QED) is 0.794. The number of benzene rings is 1. The zero-order valence-corrected chi connectivity index (χ0v) is 12.7. The van der Waals surface area contributed by atoms with Crippen molar-refractivity contribution in [3.8, 4) is 0 Å². The summed E-state index contributed by atoms with van der Waals surface area (Å²) in [6, 6.07) is 11.0. The normalized spacial score (nSPS) is 20.8. The van der Waals surface area contributed by atoms with E-state index in [9.17, 15) is 4.79 Å². The Morgan fingerprint density at radius 2 is 1.71 bits per heavy atom. The lowest BCUT2D eigenvalue weighted by Crippen LogP contribution is -2.47. The first-order valence-electron chi connectivity index (χ1n) is 7.98. The van der Waals surface area contributed by atoms with E-state index in [0.29, 0.717) is 12.1 Å². The van der Waals surface area contributed by atoms with Crippen LogP contribution in [0.2, 0.25) is 0 Å². The highest BCUT2D eigenvalue weighted by atomic mass is 16.2. The maximum atomic E-state index is 12.6. The molecular formula is C18H24N2O. The lowest BCUT2D eigenvalue weighted by molar-refractivity contribution is -0.129. The summed E-state index contributed by atoms with van der Waals surface area (Å²) in [6.45, 7) is 2.20. The van der Waals surface area contributed by atoms with Crippen LogP contribution in [0, 0.1) is 0 Å². The molecule has 2 aliphatic rings. The van der Waals surface area contributed by atoms with Gasteiger partial charge in [-0.25, -0.2) is 0 Å². The van der Waals surface area contributed by atoms with Crippen LogP contribution in [0.3, 0.4) is 0 Å². The molecule has 0 aromatic heterocycles. The summed E-state index contributed by atoms with van der Waals surface area (Å²) in [5.41, 5.74) is 1.09. The Balaban J connectivity index is 1.66. The molecule has 0 unspecified atom stereocenters. The molecule has 0 radical (unpaired) electrons. The Morgan fingerprint density at radius 3 is 2.33 bits per heavy atom. The summed E-state index contributed by atoms with van der Waals surface area (Å²) < 4.78 is 0. The predicted octanol–water partition coefficient (Wildman–Crippen LogP) is 2.79. The van der Waals surface area contributed by atoms with Crippen LogP contribution in [0.1, 0.15) is 31.2 Å². The highest BCUT2D eigenvalue weighted by Crippen LogP contribution is 2.32. The van der Waals surface area contributed by atoms with Gasteiger partial charge in [0.2, 0.25) is 5.91 Å². The molecule has 1 aliphatic carbocycles. The van der Waals surface area contributed by atoms with Gasteiger partial charge in [0, 0.05) is 18.2 Å². The monoisotopic (exact) mass is 284 g/mol. The largest absolute Gasteiger partial charge is 0.333 e. The molecule has 1 aromatic carbocycles. The van der Waals surface area contributed by atoms with Gasteiger partial charge in [-0.1, -0.05) is 30.3 Å². The Labute approximate surface area is 127 Å². The van der Waals surface area contributed by atoms with E-state index in [0.717, 1.165) is 31.5 Å². The van der Waals surface area contributed by atoms with Gasteiger partial charge in [-0.2, -0.15) is 0 Å². The van der Waals surface area contributed by atoms with Gasteiger partial charge < -0.3 is 9.80 Å². The van der Waals surface area contributed by atoms with Crippen molar-refractivity contribution >= 4 is 12.0 Å². The van der Waals surface area contributed by atoms with Crippen LogP contribution in [0.25, 0.3) is 6.08 Å². The van der Waals surface area contributed by atoms with Gasteiger partial charge in [0.1, 0.15) is 0 Å². The second-order valence-corrected chi connectivity index (χ2v) is 6.26. The van der Waals surface area contributed by atoms with E-state index in [1.165, 1.54) is 12.8 Å². The minimum absolute atomic E-state index is 0.191. The van der Waals surface area contributed by atoms with Crippen LogP contribution in [0.4, 0.5) is 0 Å². The topological polar surface area (TPSA) is 23.6 Å². The van der Waals surface area contributed by atoms with Crippen LogP contribution < -0.4 is 0 Å². The number of likely N-dealkylation sites (tertiary alicyclic amines) is 1. The molecule has 1 aliphatic heterocycles. The molecule has 0 bridgehead atoms. The van der Waals surface area contributed by atoms with Crippen molar-refractivity contribution in [1.82, 2.24) is 9.80 Å². The molecule has 112 valence electrons. The van der Waals surface area contributed by atoms with Gasteiger partial charge >= 0.3 is 0 Å². The maximum absolute atomic E-state index is 12.6. The maximum Gasteiger partial charge on any atom is 0.247 e. The lowest BCUT2D eigenvalue weighted by Gasteiger charge is -2.37. The summed E-state index contributed by atoms with van der Waals surface area (Å²) in [5.74, 6) is 0.191. The van der Waals surface area contributed by atoms with Gasteiger partial charge in [-0.15, -0.1) is 0 Å². The van der Waals surface area contributed by atoms with Gasteiger partial charge in [0.05, 0.1) is 0 Å². The summed E-state index contributed by atoms with van der Waals surface area (Å²) in [6.07, 6.45) is 8.27. The summed E-state index contributed by atoms with van der Waals surface area (Å²) in [7, 11) is 2.16. The summed E-state index contributed by atoms with van der Waals surface area (Å²) >= 11 is 0. The van der Waals surface area contributed by atoms with Crippen molar-refractivity contribution in [2.45, 2.75) is 37.8 Å². The molecule has 2 fully saturated rings. The zero-order valence-electron chi connectivity index (χ0n) is 12.7. The highest BCUT2D eigenvalue weighted by molar-refractivity contribution is 5.92. The molecule has 1 saturated heterocycles. The summed E-state index contributed by atoms with van der Waals surface area (Å²) in [5, 5.41) is 0. The van der Waals surface area contributed by atoms with E-state index in [-0.39, 0.29) is 5.91 Å². The fourth-order valence-electron chi connectivity index (χ4n) is 3.10. The van der Waals surface area contributed by atoms with Gasteiger partial charge in [0.15, 0.2) is 0 Å². The molecule has 3 nitrogen and oxygen atoms in total. The molecule has 3 heteroatoms. The standard InChI is InChI=1S/C18H24N2O/c1-19-13-11-17(12-14-19)20(16-8-9-16)18(21)10-7-15-5-3-2-4-6-15/h2-7,10,16-17H,8-9,11-14H2,1H3/b10-7+. The third-order valence-electron chi connectivity index (χ3n) is 4.49. The molecule has 1 aromatic rings. The molecule has 0 spiro atoms. The van der Waals surface area contributed by atoms with Crippen LogP contribution in [0.15, 0.2) is 36.4 Å². The number of carbonyl (C=O) groups is 1. The number of rotatable bonds is 4. The summed E-state index contributed by atoms with van der Waals surface area (Å²) in [4.78, 5) is 17.1. The number of hydrogen-bond donors (Lipinski definition) is 0. The predicted molar refractivity (Wildman–Crippen MR) is 85.9 cm³/mol. The van der Waals surface area contributed by atoms with Crippen LogP contribution in [-0.2, 0) is 4.79 Å². The van der Waals surface area contributed by atoms with E-state index in [4.69, 9.17) is 0 Å². The molecular weight excluding hydrogens is 260 g/mol. The van der Waals surface area contributed by atoms with Crippen molar-refractivity contribution in [1.29, 1.82) is 0 Å². The smallest absolute Gasteiger partial charge is 0.247 e. The molecule has 0 N–H and O–H groups in total. The first kappa shape index (κ1) is 14.3. The second-order valence-electron chi connectivity index (χ2n) is 6.26. The minimum Gasteiger partial charge on any atom is -0.333 e. The Kier molecular flexibility index (Phi) is 4.39. The van der Waals surface area contributed by atoms with Crippen molar-refractivity contribution < 1.29 is 4.79 Å². The molecule has 1 saturated carbocycles. The lowest BCUT2D eigenvalue weighted by atomic mass is 10.0. The molecule has 3 rings (SSSR count). The van der Waals surface area contributed by atoms with Gasteiger partial charge in [0.25, 0.3) is 0 Å². The fraction of sp³-hybridized carbons (Fsp3) is 0.500. The second kappa shape index (κ2) is 6.44. The van der Waals surface area contributed by atoms with E-state index in [1.54, 1.807) is 6.08 Å². The number of piperidine rings is 1. The van der Waals surface area contributed by atoms with Crippen molar-refractivity contribution in [2.24, 2.45) is 0 Å². The van der Waals surface area contributed by atoms with Gasteiger partial charge in [-0.05, 0) is 57.5 Å². The number of amides is 1. The van der Waals surface area contributed by atoms with Crippen molar-refractivity contribution in [3.63, 3.8) is 0 Å². The van der Waals surface area contributed by atoms with E-state index in [2.05, 4.69) is 16.8 Å². The average Bonchev–Trinajstić information content (AvgIpc) is 3.33. The molecule has 21 heavy (non-hydrogen) atoms. The third kappa shape index (κ3) is 3.73. The molecule has 0 atom stereocenters. The van der Waals surface area contributed by atoms with Crippen molar-refractivity contribution in [2.75, 3.05) is 20.1 Å². The van der Waals surface area contributed by atoms with Crippen molar-refractivity contribution in [3.05, 3.63) is 42.0 Å². The van der Waals surface area contributed by atoms with Gasteiger partial charge in [-0.3, -0.25) is 4.79 Å². The van der Waals surface area contributed by atoms with E-state index >= 15 is 0 Å². The van der Waals surface area contributed by atoms with E-state index < -0.39 is 0 Å². The Morgan fingerprint density at radius 1 is 1.10 bits per heavy atom. The molecule has 1 heterocycles. The van der Waals surface area contributed by atoms with Crippen LogP contribution in [0.5, 0.6) is 0 Å². The zero-order chi connectivity index (χ0) is 14.7. The first-order chi connectivity index (χ1) is 10.2. The third-order valence-corrected chi connectivity index (χ3v) is 4.49. The number of nitrogens with zero attached hydrogens (tertiary/aromatic N) is 2. The van der Waals surface area contributed by atoms with Crippen LogP contribution in [-0.4, -0.2) is 47.9 Å².